The predicted molar refractivity (Wildman–Crippen MR) is 118 cm³/mol. The van der Waals surface area contributed by atoms with Crippen molar-refractivity contribution in [2.24, 2.45) is 11.7 Å². The Morgan fingerprint density at radius 3 is 2.55 bits per heavy atom. The van der Waals surface area contributed by atoms with Crippen molar-refractivity contribution in [2.75, 3.05) is 26.0 Å². The predicted octanol–water partition coefficient (Wildman–Crippen LogP) is 1.70. The van der Waals surface area contributed by atoms with Crippen LogP contribution in [0.5, 0.6) is 6.01 Å². The van der Waals surface area contributed by atoms with E-state index in [0.29, 0.717) is 38.1 Å². The summed E-state index contributed by atoms with van der Waals surface area (Å²) in [6.45, 7) is 1.01. The summed E-state index contributed by atoms with van der Waals surface area (Å²) < 4.78 is 50.1. The molecule has 1 aromatic carbocycles. The maximum absolute atomic E-state index is 14.9. The lowest BCUT2D eigenvalue weighted by Crippen LogP contribution is -2.39. The van der Waals surface area contributed by atoms with Crippen molar-refractivity contribution in [1.29, 1.82) is 5.41 Å². The fourth-order valence-corrected chi connectivity index (χ4v) is 4.28. The standard InChI is InChI=1S/C21H26FN5O5S/c1-33(29,30)27-7-5-14(6-8-27)12-32-21-25-10-16(11-26-21)17-4-2-3-15(20(17)22)13-31-19(28)9-18(23)24/h2-4,10-11,14H,5-9,12-13H2,1H3,(H3,23,24). The average Bonchev–Trinajstić information content (AvgIpc) is 2.77. The van der Waals surface area contributed by atoms with E-state index in [1.807, 2.05) is 0 Å². The molecule has 1 saturated heterocycles. The Labute approximate surface area is 191 Å². The molecule has 0 aliphatic carbocycles. The number of hydrogen-bond donors (Lipinski definition) is 2. The van der Waals surface area contributed by atoms with Crippen molar-refractivity contribution in [2.45, 2.75) is 25.9 Å². The maximum Gasteiger partial charge on any atom is 0.316 e. The molecule has 0 saturated carbocycles. The molecule has 0 unspecified atom stereocenters. The number of benzene rings is 1. The van der Waals surface area contributed by atoms with E-state index in [4.69, 9.17) is 20.6 Å². The summed E-state index contributed by atoms with van der Waals surface area (Å²) in [7, 11) is -3.17. The van der Waals surface area contributed by atoms with E-state index < -0.39 is 21.8 Å². The molecule has 0 spiro atoms. The van der Waals surface area contributed by atoms with Gasteiger partial charge < -0.3 is 15.2 Å². The van der Waals surface area contributed by atoms with Gasteiger partial charge in [0.15, 0.2) is 0 Å². The molecule has 1 aliphatic rings. The SMILES string of the molecule is CS(=O)(=O)N1CCC(COc2ncc(-c3cccc(COC(=O)CC(=N)N)c3F)cn2)CC1. The molecule has 1 aromatic heterocycles. The van der Waals surface area contributed by atoms with Gasteiger partial charge in [-0.05, 0) is 18.8 Å². The summed E-state index contributed by atoms with van der Waals surface area (Å²) in [5, 5.41) is 7.09. The fourth-order valence-electron chi connectivity index (χ4n) is 3.41. The van der Waals surface area contributed by atoms with Crippen LogP contribution in [0.4, 0.5) is 4.39 Å². The van der Waals surface area contributed by atoms with Crippen LogP contribution in [0, 0.1) is 17.1 Å². The molecule has 1 fully saturated rings. The Balaban J connectivity index is 1.57. The number of aromatic nitrogens is 2. The van der Waals surface area contributed by atoms with Gasteiger partial charge in [-0.25, -0.2) is 27.1 Å². The molecule has 2 heterocycles. The molecular formula is C21H26FN5O5S. The third-order valence-electron chi connectivity index (χ3n) is 5.23. The molecule has 12 heteroatoms. The van der Waals surface area contributed by atoms with Gasteiger partial charge in [0.1, 0.15) is 24.7 Å². The first-order chi connectivity index (χ1) is 15.6. The van der Waals surface area contributed by atoms with Crippen molar-refractivity contribution in [3.05, 3.63) is 42.0 Å². The van der Waals surface area contributed by atoms with E-state index in [0.717, 1.165) is 0 Å². The highest BCUT2D eigenvalue weighted by Crippen LogP contribution is 2.25. The van der Waals surface area contributed by atoms with Gasteiger partial charge in [0, 0.05) is 42.2 Å². The van der Waals surface area contributed by atoms with Crippen LogP contribution < -0.4 is 10.5 Å². The minimum Gasteiger partial charge on any atom is -0.463 e. The number of halogens is 1. The van der Waals surface area contributed by atoms with Gasteiger partial charge in [-0.1, -0.05) is 18.2 Å². The van der Waals surface area contributed by atoms with E-state index in [1.165, 1.54) is 29.0 Å². The fraction of sp³-hybridized carbons (Fsp3) is 0.429. The number of nitrogens with one attached hydrogen (secondary N) is 1. The minimum absolute atomic E-state index is 0.152. The molecule has 1 aliphatic heterocycles. The van der Waals surface area contributed by atoms with Crippen molar-refractivity contribution in [3.8, 4) is 17.1 Å². The summed E-state index contributed by atoms with van der Waals surface area (Å²) >= 11 is 0. The second kappa shape index (κ2) is 10.7. The zero-order valence-electron chi connectivity index (χ0n) is 18.2. The van der Waals surface area contributed by atoms with Crippen LogP contribution >= 0.6 is 0 Å². The highest BCUT2D eigenvalue weighted by molar-refractivity contribution is 7.88. The number of hydrogen-bond acceptors (Lipinski definition) is 8. The van der Waals surface area contributed by atoms with E-state index in [2.05, 4.69) is 9.97 Å². The second-order valence-corrected chi connectivity index (χ2v) is 9.79. The average molecular weight is 480 g/mol. The Bertz CT molecular complexity index is 1100. The van der Waals surface area contributed by atoms with Gasteiger partial charge in [0.25, 0.3) is 0 Å². The number of nitrogens with two attached hydrogens (primary N) is 1. The van der Waals surface area contributed by atoms with Crippen LogP contribution in [0.15, 0.2) is 30.6 Å². The van der Waals surface area contributed by atoms with Crippen molar-refractivity contribution in [1.82, 2.24) is 14.3 Å². The number of amidine groups is 1. The molecule has 3 rings (SSSR count). The Morgan fingerprint density at radius 2 is 1.94 bits per heavy atom. The lowest BCUT2D eigenvalue weighted by molar-refractivity contribution is -0.143. The third kappa shape index (κ3) is 6.93. The van der Waals surface area contributed by atoms with E-state index >= 15 is 0 Å². The minimum atomic E-state index is -3.17. The van der Waals surface area contributed by atoms with Crippen LogP contribution in [0.3, 0.4) is 0 Å². The zero-order chi connectivity index (χ0) is 24.0. The van der Waals surface area contributed by atoms with Crippen LogP contribution in [0.2, 0.25) is 0 Å². The normalized spacial score (nSPS) is 15.2. The lowest BCUT2D eigenvalue weighted by atomic mass is 9.99. The zero-order valence-corrected chi connectivity index (χ0v) is 19.0. The molecular weight excluding hydrogens is 453 g/mol. The summed E-state index contributed by atoms with van der Waals surface area (Å²) in [6, 6.07) is 4.83. The van der Waals surface area contributed by atoms with E-state index in [9.17, 15) is 17.6 Å². The number of rotatable bonds is 9. The van der Waals surface area contributed by atoms with Crippen molar-refractivity contribution in [3.63, 3.8) is 0 Å². The Kier molecular flexibility index (Phi) is 7.92. The van der Waals surface area contributed by atoms with Crippen LogP contribution in [0.1, 0.15) is 24.8 Å². The molecule has 10 nitrogen and oxygen atoms in total. The lowest BCUT2D eigenvalue weighted by Gasteiger charge is -2.29. The second-order valence-electron chi connectivity index (χ2n) is 7.81. The van der Waals surface area contributed by atoms with Gasteiger partial charge in [-0.15, -0.1) is 0 Å². The van der Waals surface area contributed by atoms with Gasteiger partial charge in [-0.3, -0.25) is 10.2 Å². The molecule has 3 N–H and O–H groups in total. The largest absolute Gasteiger partial charge is 0.463 e. The Hall–Kier alpha value is -3.12. The molecule has 2 aromatic rings. The number of piperidine rings is 1. The quantitative estimate of drug-likeness (QED) is 0.314. The van der Waals surface area contributed by atoms with Gasteiger partial charge >= 0.3 is 12.0 Å². The monoisotopic (exact) mass is 479 g/mol. The van der Waals surface area contributed by atoms with Crippen molar-refractivity contribution < 1.29 is 27.1 Å². The molecule has 0 atom stereocenters. The summed E-state index contributed by atoms with van der Waals surface area (Å²) in [6.07, 6.45) is 5.13. The van der Waals surface area contributed by atoms with Crippen LogP contribution in [-0.2, 0) is 26.2 Å². The van der Waals surface area contributed by atoms with Crippen molar-refractivity contribution >= 4 is 21.8 Å². The van der Waals surface area contributed by atoms with E-state index in [1.54, 1.807) is 12.1 Å². The molecule has 0 bridgehead atoms. The first-order valence-corrected chi connectivity index (χ1v) is 12.1. The number of ether oxygens (including phenoxy) is 2. The number of sulfonamides is 1. The molecule has 33 heavy (non-hydrogen) atoms. The summed E-state index contributed by atoms with van der Waals surface area (Å²) in [5.41, 5.74) is 6.00. The number of carbonyl (C=O) groups is 1. The number of carbonyl (C=O) groups excluding carboxylic acids is 1. The first-order valence-electron chi connectivity index (χ1n) is 10.3. The van der Waals surface area contributed by atoms with Gasteiger partial charge in [-0.2, -0.15) is 0 Å². The van der Waals surface area contributed by atoms with Gasteiger partial charge in [0.05, 0.1) is 12.9 Å². The Morgan fingerprint density at radius 1 is 1.27 bits per heavy atom. The van der Waals surface area contributed by atoms with Crippen LogP contribution in [-0.4, -0.2) is 60.4 Å². The third-order valence-corrected chi connectivity index (χ3v) is 6.54. The van der Waals surface area contributed by atoms with Gasteiger partial charge in [0.2, 0.25) is 10.0 Å². The number of esters is 1. The highest BCUT2D eigenvalue weighted by Gasteiger charge is 2.25. The highest BCUT2D eigenvalue weighted by atomic mass is 32.2. The summed E-state index contributed by atoms with van der Waals surface area (Å²) in [4.78, 5) is 19.8. The molecule has 0 radical (unpaired) electrons. The molecule has 178 valence electrons. The summed E-state index contributed by atoms with van der Waals surface area (Å²) in [5.74, 6) is -1.40. The topological polar surface area (TPSA) is 149 Å². The van der Waals surface area contributed by atoms with E-state index in [-0.39, 0.29) is 41.9 Å². The number of nitrogens with zero attached hydrogens (tertiary/aromatic N) is 3. The van der Waals surface area contributed by atoms with Crippen LogP contribution in [0.25, 0.3) is 11.1 Å². The molecule has 0 amide bonds. The first kappa shape index (κ1) is 24.5. The smallest absolute Gasteiger partial charge is 0.316 e. The maximum atomic E-state index is 14.9.